The number of hydrogen-bond donors (Lipinski definition) is 2. The highest BCUT2D eigenvalue weighted by molar-refractivity contribution is 5.92. The second-order valence-electron chi connectivity index (χ2n) is 5.69. The smallest absolute Gasteiger partial charge is 0.270 e. The summed E-state index contributed by atoms with van der Waals surface area (Å²) in [5.41, 5.74) is -0.336. The van der Waals surface area contributed by atoms with Gasteiger partial charge in [0.2, 0.25) is 0 Å². The van der Waals surface area contributed by atoms with Gasteiger partial charge in [0, 0.05) is 31.2 Å². The molecule has 0 aliphatic carbocycles. The molecule has 0 spiro atoms. The Labute approximate surface area is 138 Å². The molecular weight excluding hydrogens is 308 g/mol. The van der Waals surface area contributed by atoms with Crippen molar-refractivity contribution in [2.45, 2.75) is 12.5 Å². The number of aromatic nitrogens is 5. The summed E-state index contributed by atoms with van der Waals surface area (Å²) in [7, 11) is 1.77. The van der Waals surface area contributed by atoms with Crippen molar-refractivity contribution in [3.05, 3.63) is 60.3 Å². The molecule has 0 saturated heterocycles. The lowest BCUT2D eigenvalue weighted by Crippen LogP contribution is -2.38. The highest BCUT2D eigenvalue weighted by Crippen LogP contribution is 2.18. The molecule has 24 heavy (non-hydrogen) atoms. The Morgan fingerprint density at radius 2 is 2.17 bits per heavy atom. The second-order valence-corrected chi connectivity index (χ2v) is 5.69. The van der Waals surface area contributed by atoms with Crippen LogP contribution in [0.2, 0.25) is 0 Å². The number of nitrogens with zero attached hydrogens (tertiary/aromatic N) is 5. The van der Waals surface area contributed by atoms with Crippen molar-refractivity contribution in [3.8, 4) is 5.82 Å². The van der Waals surface area contributed by atoms with Gasteiger partial charge in [0.05, 0.1) is 12.7 Å². The van der Waals surface area contributed by atoms with E-state index in [1.807, 2.05) is 0 Å². The van der Waals surface area contributed by atoms with E-state index in [9.17, 15) is 9.90 Å². The number of aliphatic hydroxyl groups is 1. The van der Waals surface area contributed by atoms with Crippen LogP contribution in [0.1, 0.15) is 23.0 Å². The molecule has 0 aliphatic rings. The number of aryl methyl sites for hydroxylation is 1. The van der Waals surface area contributed by atoms with E-state index >= 15 is 0 Å². The molecule has 1 amide bonds. The number of carbonyl (C=O) groups excluding carboxylic acids is 1. The number of rotatable bonds is 5. The van der Waals surface area contributed by atoms with E-state index in [0.29, 0.717) is 11.4 Å². The predicted molar refractivity (Wildman–Crippen MR) is 86.5 cm³/mol. The molecule has 0 fully saturated rings. The molecule has 3 heterocycles. The van der Waals surface area contributed by atoms with E-state index in [2.05, 4.69) is 20.5 Å². The molecule has 124 valence electrons. The summed E-state index contributed by atoms with van der Waals surface area (Å²) in [6.07, 6.45) is 6.67. The quantitative estimate of drug-likeness (QED) is 0.717. The summed E-state index contributed by atoms with van der Waals surface area (Å²) in [6.45, 7) is 1.67. The van der Waals surface area contributed by atoms with Gasteiger partial charge in [-0.25, -0.2) is 9.67 Å². The van der Waals surface area contributed by atoms with Crippen LogP contribution >= 0.6 is 0 Å². The number of nitrogens with one attached hydrogen (secondary N) is 1. The monoisotopic (exact) mass is 326 g/mol. The highest BCUT2D eigenvalue weighted by atomic mass is 16.3. The summed E-state index contributed by atoms with van der Waals surface area (Å²) in [5.74, 6) is 0.180. The zero-order valence-electron chi connectivity index (χ0n) is 13.4. The molecule has 3 rings (SSSR count). The number of hydrogen-bond acceptors (Lipinski definition) is 5. The fourth-order valence-electron chi connectivity index (χ4n) is 2.23. The summed E-state index contributed by atoms with van der Waals surface area (Å²) in [6, 6.07) is 6.88. The van der Waals surface area contributed by atoms with E-state index in [0.717, 1.165) is 0 Å². The lowest BCUT2D eigenvalue weighted by molar-refractivity contribution is 0.0524. The van der Waals surface area contributed by atoms with E-state index < -0.39 is 5.60 Å². The minimum Gasteiger partial charge on any atom is -0.383 e. The first-order valence-corrected chi connectivity index (χ1v) is 7.42. The lowest BCUT2D eigenvalue weighted by Gasteiger charge is -2.22. The van der Waals surface area contributed by atoms with Crippen molar-refractivity contribution < 1.29 is 9.90 Å². The third kappa shape index (κ3) is 3.33. The van der Waals surface area contributed by atoms with Crippen molar-refractivity contribution in [3.63, 3.8) is 0 Å². The summed E-state index contributed by atoms with van der Waals surface area (Å²) < 4.78 is 3.17. The molecule has 8 heteroatoms. The molecule has 8 nitrogen and oxygen atoms in total. The van der Waals surface area contributed by atoms with Gasteiger partial charge < -0.3 is 10.4 Å². The minimum atomic E-state index is -1.22. The third-order valence-corrected chi connectivity index (χ3v) is 3.63. The van der Waals surface area contributed by atoms with Crippen molar-refractivity contribution in [2.75, 3.05) is 6.54 Å². The van der Waals surface area contributed by atoms with Crippen LogP contribution in [0, 0.1) is 0 Å². The van der Waals surface area contributed by atoms with E-state index in [4.69, 9.17) is 0 Å². The summed E-state index contributed by atoms with van der Waals surface area (Å²) in [5, 5.41) is 21.3. The molecule has 3 aromatic rings. The summed E-state index contributed by atoms with van der Waals surface area (Å²) >= 11 is 0. The van der Waals surface area contributed by atoms with Crippen LogP contribution in [0.5, 0.6) is 0 Å². The van der Waals surface area contributed by atoms with Crippen molar-refractivity contribution in [1.29, 1.82) is 0 Å². The fraction of sp³-hybridized carbons (Fsp3) is 0.250. The molecule has 0 aromatic carbocycles. The predicted octanol–water partition coefficient (Wildman–Crippen LogP) is 0.638. The molecule has 2 N–H and O–H groups in total. The number of carbonyl (C=O) groups is 1. The first kappa shape index (κ1) is 15.9. The molecule has 3 aromatic heterocycles. The second kappa shape index (κ2) is 6.25. The SMILES string of the molecule is Cn1cc(C(C)(O)CNC(=O)c2cccc(-n3cccn3)n2)cn1. The largest absolute Gasteiger partial charge is 0.383 e. The Bertz CT molecular complexity index is 838. The topological polar surface area (TPSA) is 97.9 Å². The van der Waals surface area contributed by atoms with Gasteiger partial charge >= 0.3 is 0 Å². The Balaban J connectivity index is 1.70. The Kier molecular flexibility index (Phi) is 4.13. The van der Waals surface area contributed by atoms with Crippen LogP contribution in [-0.4, -0.2) is 42.1 Å². The maximum atomic E-state index is 12.3. The van der Waals surface area contributed by atoms with Gasteiger partial charge in [-0.1, -0.05) is 6.07 Å². The average molecular weight is 326 g/mol. The molecule has 0 saturated carbocycles. The molecular formula is C16H18N6O2. The molecule has 1 unspecified atom stereocenters. The van der Waals surface area contributed by atoms with Crippen LogP contribution in [0.3, 0.4) is 0 Å². The minimum absolute atomic E-state index is 0.0468. The molecule has 0 bridgehead atoms. The maximum Gasteiger partial charge on any atom is 0.270 e. The van der Waals surface area contributed by atoms with Crippen LogP contribution in [0.4, 0.5) is 0 Å². The number of pyridine rings is 1. The highest BCUT2D eigenvalue weighted by Gasteiger charge is 2.25. The van der Waals surface area contributed by atoms with E-state index in [1.165, 1.54) is 0 Å². The lowest BCUT2D eigenvalue weighted by atomic mass is 10.00. The van der Waals surface area contributed by atoms with Crippen LogP contribution in [-0.2, 0) is 12.6 Å². The van der Waals surface area contributed by atoms with E-state index in [1.54, 1.807) is 72.4 Å². The van der Waals surface area contributed by atoms with Crippen molar-refractivity contribution in [2.24, 2.45) is 7.05 Å². The molecule has 0 radical (unpaired) electrons. The third-order valence-electron chi connectivity index (χ3n) is 3.63. The van der Waals surface area contributed by atoms with E-state index in [-0.39, 0.29) is 18.1 Å². The van der Waals surface area contributed by atoms with Crippen molar-refractivity contribution in [1.82, 2.24) is 29.9 Å². The van der Waals surface area contributed by atoms with Gasteiger partial charge in [-0.05, 0) is 25.1 Å². The maximum absolute atomic E-state index is 12.3. The Morgan fingerprint density at radius 3 is 2.83 bits per heavy atom. The number of amides is 1. The standard InChI is InChI=1S/C16H18N6O2/c1-16(24,12-9-19-21(2)10-12)11-17-15(23)13-5-3-6-14(20-13)22-8-4-7-18-22/h3-10,24H,11H2,1-2H3,(H,17,23). The zero-order chi connectivity index (χ0) is 17.2. The fourth-order valence-corrected chi connectivity index (χ4v) is 2.23. The van der Waals surface area contributed by atoms with Crippen molar-refractivity contribution >= 4 is 5.91 Å². The first-order chi connectivity index (χ1) is 11.5. The Morgan fingerprint density at radius 1 is 1.33 bits per heavy atom. The normalized spacial score (nSPS) is 13.5. The van der Waals surface area contributed by atoms with Gasteiger partial charge in [0.15, 0.2) is 5.82 Å². The van der Waals surface area contributed by atoms with Gasteiger partial charge in [-0.2, -0.15) is 10.2 Å². The van der Waals surface area contributed by atoms with Gasteiger partial charge in [-0.15, -0.1) is 0 Å². The van der Waals surface area contributed by atoms with Crippen LogP contribution in [0.15, 0.2) is 49.1 Å². The Hall–Kier alpha value is -3.00. The van der Waals surface area contributed by atoms with Crippen LogP contribution in [0.25, 0.3) is 5.82 Å². The van der Waals surface area contributed by atoms with Gasteiger partial charge in [-0.3, -0.25) is 9.48 Å². The average Bonchev–Trinajstić information content (AvgIpc) is 3.24. The van der Waals surface area contributed by atoms with Crippen LogP contribution < -0.4 is 5.32 Å². The van der Waals surface area contributed by atoms with Gasteiger partial charge in [0.25, 0.3) is 5.91 Å². The zero-order valence-corrected chi connectivity index (χ0v) is 13.4. The first-order valence-electron chi connectivity index (χ1n) is 7.42. The molecule has 0 aliphatic heterocycles. The van der Waals surface area contributed by atoms with Gasteiger partial charge in [0.1, 0.15) is 11.3 Å². The summed E-state index contributed by atoms with van der Waals surface area (Å²) in [4.78, 5) is 16.6. The molecule has 1 atom stereocenters.